The molecule has 2 aliphatic rings. The Morgan fingerprint density at radius 3 is 2.59 bits per heavy atom. The molecule has 2 fully saturated rings. The van der Waals surface area contributed by atoms with Crippen molar-refractivity contribution < 1.29 is 18.3 Å². The first-order valence-corrected chi connectivity index (χ1v) is 12.7. The lowest BCUT2D eigenvalue weighted by molar-refractivity contribution is 0.0286. The van der Waals surface area contributed by atoms with Gasteiger partial charge in [-0.05, 0) is 64.3 Å². The van der Waals surface area contributed by atoms with Gasteiger partial charge in [0.25, 0.3) is 5.56 Å². The molecule has 2 aromatic carbocycles. The molecule has 2 heterocycles. The van der Waals surface area contributed by atoms with Gasteiger partial charge in [-0.25, -0.2) is 18.6 Å². The summed E-state index contributed by atoms with van der Waals surface area (Å²) in [6.07, 6.45) is 2.75. The first-order chi connectivity index (χ1) is 17.4. The number of carbonyl (C=O) groups excluding carboxylic acids is 1. The number of amides is 1. The van der Waals surface area contributed by atoms with E-state index >= 15 is 8.78 Å². The number of fused-ring (bicyclic) bond motifs is 1. The van der Waals surface area contributed by atoms with E-state index in [1.165, 1.54) is 40.1 Å². The van der Waals surface area contributed by atoms with Crippen molar-refractivity contribution >= 4 is 45.9 Å². The molecule has 1 aromatic heterocycles. The highest BCUT2D eigenvalue weighted by molar-refractivity contribution is 6.42. The Bertz CT molecular complexity index is 1470. The molecule has 1 amide bonds. The molecule has 7 nitrogen and oxygen atoms in total. The number of ether oxygens (including phenoxy) is 1. The smallest absolute Gasteiger partial charge is 0.410 e. The third-order valence-corrected chi connectivity index (χ3v) is 7.41. The molecule has 11 heteroatoms. The van der Waals surface area contributed by atoms with E-state index in [9.17, 15) is 9.59 Å². The summed E-state index contributed by atoms with van der Waals surface area (Å²) in [4.78, 5) is 31.5. The highest BCUT2D eigenvalue weighted by Gasteiger charge is 2.46. The number of hydrogen-bond acceptors (Lipinski definition) is 5. The molecule has 1 saturated carbocycles. The van der Waals surface area contributed by atoms with Gasteiger partial charge in [-0.2, -0.15) is 0 Å². The van der Waals surface area contributed by atoms with E-state index in [0.29, 0.717) is 0 Å². The van der Waals surface area contributed by atoms with E-state index in [4.69, 9.17) is 27.9 Å². The van der Waals surface area contributed by atoms with Crippen molar-refractivity contribution in [2.24, 2.45) is 0 Å². The number of aromatic nitrogens is 2. The van der Waals surface area contributed by atoms with E-state index in [0.717, 1.165) is 12.8 Å². The molecule has 0 bridgehead atoms. The summed E-state index contributed by atoms with van der Waals surface area (Å²) >= 11 is 12.7. The van der Waals surface area contributed by atoms with Gasteiger partial charge in [0.1, 0.15) is 16.9 Å². The number of nitrogens with one attached hydrogen (secondary N) is 1. The fourth-order valence-electron chi connectivity index (χ4n) is 4.79. The molecule has 1 atom stereocenters. The second-order valence-corrected chi connectivity index (χ2v) is 11.4. The highest BCUT2D eigenvalue weighted by atomic mass is 35.5. The van der Waals surface area contributed by atoms with Gasteiger partial charge in [0, 0.05) is 23.8 Å². The van der Waals surface area contributed by atoms with Crippen LogP contribution in [0.2, 0.25) is 10.0 Å². The molecule has 1 saturated heterocycles. The summed E-state index contributed by atoms with van der Waals surface area (Å²) in [7, 11) is 0. The van der Waals surface area contributed by atoms with Gasteiger partial charge < -0.3 is 15.0 Å². The van der Waals surface area contributed by atoms with Crippen molar-refractivity contribution in [2.75, 3.05) is 18.4 Å². The van der Waals surface area contributed by atoms with E-state index in [1.807, 2.05) is 0 Å². The van der Waals surface area contributed by atoms with Crippen molar-refractivity contribution in [3.63, 3.8) is 0 Å². The zero-order chi connectivity index (χ0) is 26.7. The van der Waals surface area contributed by atoms with Crippen LogP contribution in [-0.2, 0) is 10.3 Å². The number of rotatable bonds is 4. The summed E-state index contributed by atoms with van der Waals surface area (Å²) < 4.78 is 37.5. The lowest BCUT2D eigenvalue weighted by Gasteiger charge is -2.34. The van der Waals surface area contributed by atoms with Gasteiger partial charge in [0.15, 0.2) is 5.82 Å². The number of anilines is 1. The van der Waals surface area contributed by atoms with Crippen LogP contribution in [0.15, 0.2) is 35.4 Å². The van der Waals surface area contributed by atoms with Crippen LogP contribution >= 0.6 is 23.2 Å². The van der Waals surface area contributed by atoms with Crippen LogP contribution < -0.4 is 10.9 Å². The average molecular weight is 551 g/mol. The van der Waals surface area contributed by atoms with Crippen LogP contribution in [0.5, 0.6) is 0 Å². The standard InChI is InChI=1S/C26H26Cl2F2N4O3/c1-25(2,3)37-24(36)33-9-8-26(12-33,20-18(29)7-6-17(27)21(20)28)32-14-10-16-22(19(30)11-14)31-13-34(23(16)35)15-4-5-15/h6-7,10-11,13,15,32H,4-5,8-9,12H2,1-3H3. The first kappa shape index (κ1) is 25.7. The van der Waals surface area contributed by atoms with Gasteiger partial charge in [0.2, 0.25) is 0 Å². The minimum absolute atomic E-state index is 0.0146. The molecule has 37 heavy (non-hydrogen) atoms. The highest BCUT2D eigenvalue weighted by Crippen LogP contribution is 2.43. The predicted octanol–water partition coefficient (Wildman–Crippen LogP) is 6.26. The lowest BCUT2D eigenvalue weighted by Crippen LogP contribution is -2.42. The maximum Gasteiger partial charge on any atom is 0.410 e. The first-order valence-electron chi connectivity index (χ1n) is 12.0. The number of hydrogen-bond donors (Lipinski definition) is 1. The molecular formula is C26H26Cl2F2N4O3. The second kappa shape index (κ2) is 9.13. The Labute approximate surface area is 222 Å². The topological polar surface area (TPSA) is 76.5 Å². The molecule has 1 N–H and O–H groups in total. The molecule has 5 rings (SSSR count). The van der Waals surface area contributed by atoms with Gasteiger partial charge in [0.05, 0.1) is 33.8 Å². The predicted molar refractivity (Wildman–Crippen MR) is 138 cm³/mol. The zero-order valence-corrected chi connectivity index (χ0v) is 22.1. The largest absolute Gasteiger partial charge is 0.444 e. The Balaban J connectivity index is 1.60. The molecule has 196 valence electrons. The molecule has 3 aromatic rings. The number of halogens is 4. The second-order valence-electron chi connectivity index (χ2n) is 10.6. The quantitative estimate of drug-likeness (QED) is 0.387. The number of benzene rings is 2. The molecular weight excluding hydrogens is 525 g/mol. The summed E-state index contributed by atoms with van der Waals surface area (Å²) in [5, 5.41) is 3.43. The number of carbonyl (C=O) groups is 1. The maximum absolute atomic E-state index is 15.3. The molecule has 0 radical (unpaired) electrons. The van der Waals surface area contributed by atoms with Crippen molar-refractivity contribution in [1.82, 2.24) is 14.5 Å². The summed E-state index contributed by atoms with van der Waals surface area (Å²) in [5.74, 6) is -1.33. The summed E-state index contributed by atoms with van der Waals surface area (Å²) in [6, 6.07) is 5.30. The molecule has 0 spiro atoms. The van der Waals surface area contributed by atoms with Gasteiger partial charge in [-0.15, -0.1) is 0 Å². The van der Waals surface area contributed by atoms with E-state index in [2.05, 4.69) is 10.3 Å². The Kier molecular flexibility index (Phi) is 6.35. The third-order valence-electron chi connectivity index (χ3n) is 6.61. The van der Waals surface area contributed by atoms with Crippen LogP contribution in [0.25, 0.3) is 10.9 Å². The molecule has 1 aliphatic carbocycles. The van der Waals surface area contributed by atoms with Crippen molar-refractivity contribution in [3.05, 3.63) is 68.2 Å². The Hall–Kier alpha value is -2.91. The van der Waals surface area contributed by atoms with Crippen molar-refractivity contribution in [3.8, 4) is 0 Å². The van der Waals surface area contributed by atoms with Crippen molar-refractivity contribution in [1.29, 1.82) is 0 Å². The van der Waals surface area contributed by atoms with E-state index in [1.54, 1.807) is 20.8 Å². The van der Waals surface area contributed by atoms with Crippen molar-refractivity contribution in [2.45, 2.75) is 57.2 Å². The zero-order valence-electron chi connectivity index (χ0n) is 20.6. The van der Waals surface area contributed by atoms with Gasteiger partial charge in [-0.1, -0.05) is 23.2 Å². The Morgan fingerprint density at radius 2 is 1.92 bits per heavy atom. The maximum atomic E-state index is 15.3. The SMILES string of the molecule is CC(C)(C)OC(=O)N1CCC(Nc2cc(F)c3ncn(C4CC4)c(=O)c3c2)(c2c(F)ccc(Cl)c2Cl)C1. The minimum atomic E-state index is -1.28. The molecule has 1 unspecified atom stereocenters. The van der Waals surface area contributed by atoms with Crippen LogP contribution in [0.1, 0.15) is 51.6 Å². The monoisotopic (exact) mass is 550 g/mol. The minimum Gasteiger partial charge on any atom is -0.444 e. The van der Waals surface area contributed by atoms with Gasteiger partial charge in [-0.3, -0.25) is 9.36 Å². The third kappa shape index (κ3) is 4.86. The van der Waals surface area contributed by atoms with Crippen LogP contribution in [-0.4, -0.2) is 39.2 Å². The summed E-state index contributed by atoms with van der Waals surface area (Å²) in [5.41, 5.74) is -2.13. The lowest BCUT2D eigenvalue weighted by atomic mass is 9.87. The van der Waals surface area contributed by atoms with Crippen LogP contribution in [0.3, 0.4) is 0 Å². The molecule has 1 aliphatic heterocycles. The van der Waals surface area contributed by atoms with E-state index in [-0.39, 0.29) is 63.3 Å². The number of likely N-dealkylation sites (tertiary alicyclic amines) is 1. The fourth-order valence-corrected chi connectivity index (χ4v) is 5.28. The fraction of sp³-hybridized carbons (Fsp3) is 0.423. The van der Waals surface area contributed by atoms with Crippen LogP contribution in [0.4, 0.5) is 19.3 Å². The Morgan fingerprint density at radius 1 is 1.19 bits per heavy atom. The van der Waals surface area contributed by atoms with E-state index < -0.39 is 28.9 Å². The normalized spacial score (nSPS) is 19.9. The average Bonchev–Trinajstić information content (AvgIpc) is 3.56. The number of nitrogens with zero attached hydrogens (tertiary/aromatic N) is 3. The summed E-state index contributed by atoms with van der Waals surface area (Å²) in [6.45, 7) is 5.44. The van der Waals surface area contributed by atoms with Gasteiger partial charge >= 0.3 is 6.09 Å². The van der Waals surface area contributed by atoms with Crippen LogP contribution in [0, 0.1) is 11.6 Å².